The molecule has 7 heteroatoms. The minimum atomic E-state index is -0.863. The van der Waals surface area contributed by atoms with Gasteiger partial charge in [-0.2, -0.15) is 0 Å². The van der Waals surface area contributed by atoms with Crippen molar-refractivity contribution in [2.24, 2.45) is 0 Å². The first-order valence-corrected chi connectivity index (χ1v) is 9.37. The first-order chi connectivity index (χ1) is 11.3. The quantitative estimate of drug-likeness (QED) is 0.476. The lowest BCUT2D eigenvalue weighted by Crippen LogP contribution is -2.26. The molecule has 3 rings (SSSR count). The molecule has 0 saturated heterocycles. The van der Waals surface area contributed by atoms with Crippen molar-refractivity contribution in [3.8, 4) is 0 Å². The summed E-state index contributed by atoms with van der Waals surface area (Å²) in [5.74, 6) is 1.35. The number of nitrogens with zero attached hydrogens (tertiary/aromatic N) is 3. The molecular weight excluding hydrogens is 340 g/mol. The average molecular weight is 363 g/mol. The molecule has 0 bridgehead atoms. The molecule has 0 aliphatic heterocycles. The highest BCUT2D eigenvalue weighted by Gasteiger charge is 2.22. The second-order valence-corrected chi connectivity index (χ2v) is 8.05. The molecule has 3 aromatic rings. The van der Waals surface area contributed by atoms with Gasteiger partial charge >= 0.3 is 0 Å². The van der Waals surface area contributed by atoms with Crippen molar-refractivity contribution in [2.75, 3.05) is 11.5 Å². The predicted molar refractivity (Wildman–Crippen MR) is 104 cm³/mol. The normalized spacial score (nSPS) is 12.4. The van der Waals surface area contributed by atoms with Gasteiger partial charge in [0.25, 0.3) is 0 Å². The van der Waals surface area contributed by atoms with Gasteiger partial charge in [-0.1, -0.05) is 30.8 Å². The summed E-state index contributed by atoms with van der Waals surface area (Å²) in [6.07, 6.45) is 1.05. The third-order valence-electron chi connectivity index (χ3n) is 3.66. The zero-order chi connectivity index (χ0) is 17.5. The molecule has 5 nitrogen and oxygen atoms in total. The van der Waals surface area contributed by atoms with Crippen LogP contribution in [0.4, 0.5) is 5.82 Å². The number of hydrogen-bond donors (Lipinski definition) is 3. The van der Waals surface area contributed by atoms with Crippen molar-refractivity contribution in [2.45, 2.75) is 49.4 Å². The van der Waals surface area contributed by atoms with Crippen LogP contribution in [0.1, 0.15) is 27.2 Å². The second kappa shape index (κ2) is 6.46. The summed E-state index contributed by atoms with van der Waals surface area (Å²) in [6, 6.07) is 5.84. The number of aliphatic hydroxyl groups is 1. The van der Waals surface area contributed by atoms with E-state index in [0.29, 0.717) is 17.9 Å². The molecule has 0 amide bonds. The van der Waals surface area contributed by atoms with Gasteiger partial charge in [0, 0.05) is 16.0 Å². The summed E-state index contributed by atoms with van der Waals surface area (Å²) in [5.41, 5.74) is 7.66. The van der Waals surface area contributed by atoms with Gasteiger partial charge in [0.1, 0.15) is 5.52 Å². The Labute approximate surface area is 151 Å². The fraction of sp³-hybridized carbons (Fsp3) is 0.412. The van der Waals surface area contributed by atoms with Crippen LogP contribution in [0.25, 0.3) is 21.9 Å². The monoisotopic (exact) mass is 362 g/mol. The first-order valence-electron chi connectivity index (χ1n) is 7.94. The number of pyridine rings is 1. The number of aromatic nitrogens is 3. The van der Waals surface area contributed by atoms with Crippen LogP contribution in [-0.2, 0) is 6.54 Å². The molecule has 0 radical (unpaired) electrons. The molecule has 0 fully saturated rings. The van der Waals surface area contributed by atoms with Gasteiger partial charge < -0.3 is 15.4 Å². The highest BCUT2D eigenvalue weighted by Crippen LogP contribution is 2.35. The zero-order valence-electron chi connectivity index (χ0n) is 14.1. The predicted octanol–water partition coefficient (Wildman–Crippen LogP) is 3.73. The van der Waals surface area contributed by atoms with Crippen LogP contribution in [0.2, 0.25) is 0 Å². The lowest BCUT2D eigenvalue weighted by atomic mass is 10.1. The van der Waals surface area contributed by atoms with Crippen molar-refractivity contribution in [3.05, 3.63) is 18.2 Å². The number of imidazole rings is 1. The standard InChI is InChI=1S/C17H22N4OS2/c1-4-8-24-16-20-13-14(21(16)9-17(2,3)22)10-6-5-7-11(23)12(10)19-15(13)18/h5-7,22-23H,4,8-9H2,1-3H3,(H2,18,19). The Hall–Kier alpha value is -1.44. The average Bonchev–Trinajstić information content (AvgIpc) is 2.84. The van der Waals surface area contributed by atoms with E-state index in [9.17, 15) is 5.11 Å². The van der Waals surface area contributed by atoms with Gasteiger partial charge in [0.2, 0.25) is 0 Å². The first kappa shape index (κ1) is 17.4. The molecule has 0 atom stereocenters. The molecule has 24 heavy (non-hydrogen) atoms. The SMILES string of the molecule is CCCSc1nc2c(N)nc3c(S)cccc3c2n1CC(C)(C)O. The summed E-state index contributed by atoms with van der Waals surface area (Å²) in [7, 11) is 0. The van der Waals surface area contributed by atoms with E-state index in [2.05, 4.69) is 29.1 Å². The van der Waals surface area contributed by atoms with Gasteiger partial charge in [-0.3, -0.25) is 0 Å². The van der Waals surface area contributed by atoms with E-state index in [1.54, 1.807) is 25.6 Å². The van der Waals surface area contributed by atoms with E-state index in [0.717, 1.165) is 38.6 Å². The number of nitrogens with two attached hydrogens (primary N) is 1. The van der Waals surface area contributed by atoms with Crippen molar-refractivity contribution < 1.29 is 5.11 Å². The van der Waals surface area contributed by atoms with E-state index in [1.165, 1.54) is 0 Å². The Morgan fingerprint density at radius 2 is 2.04 bits per heavy atom. The van der Waals surface area contributed by atoms with Crippen LogP contribution >= 0.6 is 24.4 Å². The number of thiol groups is 1. The summed E-state index contributed by atoms with van der Waals surface area (Å²) in [4.78, 5) is 9.98. The van der Waals surface area contributed by atoms with Crippen molar-refractivity contribution in [1.29, 1.82) is 0 Å². The fourth-order valence-electron chi connectivity index (χ4n) is 2.73. The van der Waals surface area contributed by atoms with Crippen LogP contribution in [0.5, 0.6) is 0 Å². The number of nitrogen functional groups attached to an aromatic ring is 1. The van der Waals surface area contributed by atoms with Crippen LogP contribution in [0.3, 0.4) is 0 Å². The number of para-hydroxylation sites is 1. The molecule has 128 valence electrons. The van der Waals surface area contributed by atoms with Crippen LogP contribution < -0.4 is 5.73 Å². The number of rotatable bonds is 5. The van der Waals surface area contributed by atoms with Crippen molar-refractivity contribution in [3.63, 3.8) is 0 Å². The van der Waals surface area contributed by atoms with Gasteiger partial charge in [0.05, 0.1) is 23.2 Å². The third kappa shape index (κ3) is 3.20. The van der Waals surface area contributed by atoms with Gasteiger partial charge in [0.15, 0.2) is 11.0 Å². The number of hydrogen-bond acceptors (Lipinski definition) is 6. The third-order valence-corrected chi connectivity index (χ3v) is 5.20. The largest absolute Gasteiger partial charge is 0.389 e. The summed E-state index contributed by atoms with van der Waals surface area (Å²) in [5, 5.41) is 12.2. The number of thioether (sulfide) groups is 1. The lowest BCUT2D eigenvalue weighted by Gasteiger charge is -2.20. The minimum absolute atomic E-state index is 0.395. The van der Waals surface area contributed by atoms with Crippen LogP contribution in [0, 0.1) is 0 Å². The Morgan fingerprint density at radius 3 is 2.71 bits per heavy atom. The topological polar surface area (TPSA) is 77.0 Å². The highest BCUT2D eigenvalue weighted by molar-refractivity contribution is 7.99. The Morgan fingerprint density at radius 1 is 1.29 bits per heavy atom. The Bertz CT molecular complexity index is 899. The molecule has 2 aromatic heterocycles. The highest BCUT2D eigenvalue weighted by atomic mass is 32.2. The van der Waals surface area contributed by atoms with E-state index in [-0.39, 0.29) is 0 Å². The molecule has 0 spiro atoms. The summed E-state index contributed by atoms with van der Waals surface area (Å²) < 4.78 is 2.06. The fourth-order valence-corrected chi connectivity index (χ4v) is 3.85. The van der Waals surface area contributed by atoms with Crippen LogP contribution in [0.15, 0.2) is 28.3 Å². The maximum Gasteiger partial charge on any atom is 0.169 e. The molecule has 0 unspecified atom stereocenters. The Balaban J connectivity index is 2.36. The smallest absolute Gasteiger partial charge is 0.169 e. The van der Waals surface area contributed by atoms with Crippen LogP contribution in [-0.4, -0.2) is 31.0 Å². The second-order valence-electron chi connectivity index (χ2n) is 6.51. The number of fused-ring (bicyclic) bond motifs is 3. The maximum absolute atomic E-state index is 10.4. The molecule has 2 heterocycles. The van der Waals surface area contributed by atoms with E-state index >= 15 is 0 Å². The van der Waals surface area contributed by atoms with Gasteiger partial charge in [-0.05, 0) is 26.3 Å². The number of benzene rings is 1. The van der Waals surface area contributed by atoms with Crippen molar-refractivity contribution >= 4 is 52.1 Å². The Kier molecular flexibility index (Phi) is 4.68. The lowest BCUT2D eigenvalue weighted by molar-refractivity contribution is 0.0603. The van der Waals surface area contributed by atoms with E-state index in [1.807, 2.05) is 18.2 Å². The summed E-state index contributed by atoms with van der Waals surface area (Å²) in [6.45, 7) is 6.16. The molecule has 3 N–H and O–H groups in total. The molecule has 0 saturated carbocycles. The molecule has 1 aromatic carbocycles. The zero-order valence-corrected chi connectivity index (χ0v) is 15.8. The molecule has 0 aliphatic rings. The van der Waals surface area contributed by atoms with E-state index < -0.39 is 5.60 Å². The molecule has 0 aliphatic carbocycles. The summed E-state index contributed by atoms with van der Waals surface area (Å²) >= 11 is 6.18. The van der Waals surface area contributed by atoms with Gasteiger partial charge in [-0.25, -0.2) is 9.97 Å². The van der Waals surface area contributed by atoms with Crippen molar-refractivity contribution in [1.82, 2.24) is 14.5 Å². The van der Waals surface area contributed by atoms with E-state index in [4.69, 9.17) is 10.7 Å². The van der Waals surface area contributed by atoms with Gasteiger partial charge in [-0.15, -0.1) is 12.6 Å². The maximum atomic E-state index is 10.4. The number of anilines is 1. The minimum Gasteiger partial charge on any atom is -0.389 e. The molecular formula is C17H22N4OS2.